The molecule has 2 aromatic carbocycles. The summed E-state index contributed by atoms with van der Waals surface area (Å²) in [6.45, 7) is 1.01. The first-order chi connectivity index (χ1) is 14.9. The highest BCUT2D eigenvalue weighted by atomic mass is 19.4. The minimum Gasteiger partial charge on any atom is -0.493 e. The lowest BCUT2D eigenvalue weighted by molar-refractivity contribution is -0.137. The molecule has 1 aromatic heterocycles. The molecule has 0 spiro atoms. The molecule has 0 aliphatic carbocycles. The first kappa shape index (κ1) is 20.6. The number of amides is 1. The largest absolute Gasteiger partial charge is 0.493 e. The Labute approximate surface area is 175 Å². The molecule has 0 fully saturated rings. The zero-order valence-electron chi connectivity index (χ0n) is 16.4. The van der Waals surface area contributed by atoms with Crippen LogP contribution in [0.3, 0.4) is 0 Å². The van der Waals surface area contributed by atoms with E-state index in [0.717, 1.165) is 17.7 Å². The van der Waals surface area contributed by atoms with E-state index in [4.69, 9.17) is 14.2 Å². The van der Waals surface area contributed by atoms with Gasteiger partial charge in [-0.1, -0.05) is 18.2 Å². The summed E-state index contributed by atoms with van der Waals surface area (Å²) < 4.78 is 56.5. The minimum absolute atomic E-state index is 0.0538. The van der Waals surface area contributed by atoms with Gasteiger partial charge in [0.2, 0.25) is 0 Å². The van der Waals surface area contributed by atoms with Crippen molar-refractivity contribution in [3.8, 4) is 22.9 Å². The second kappa shape index (κ2) is 8.21. The molecule has 4 rings (SSSR count). The highest BCUT2D eigenvalue weighted by Crippen LogP contribution is 2.34. The highest BCUT2D eigenvalue weighted by molar-refractivity contribution is 5.95. The maximum Gasteiger partial charge on any atom is 0.416 e. The van der Waals surface area contributed by atoms with E-state index in [0.29, 0.717) is 24.7 Å². The first-order valence-corrected chi connectivity index (χ1v) is 9.34. The van der Waals surface area contributed by atoms with Crippen molar-refractivity contribution in [3.05, 3.63) is 65.5 Å². The summed E-state index contributed by atoms with van der Waals surface area (Å²) in [7, 11) is 1.35. The summed E-state index contributed by atoms with van der Waals surface area (Å²) in [6.07, 6.45) is -3.14. The van der Waals surface area contributed by atoms with Gasteiger partial charge in [0.1, 0.15) is 13.2 Å². The molecule has 31 heavy (non-hydrogen) atoms. The Balaban J connectivity index is 1.55. The van der Waals surface area contributed by atoms with Crippen molar-refractivity contribution < 1.29 is 32.2 Å². The summed E-state index contributed by atoms with van der Waals surface area (Å²) in [5.74, 6) is 0.751. The molecule has 0 atom stereocenters. The maximum absolute atomic E-state index is 13.0. The fraction of sp³-hybridized carbons (Fsp3) is 0.238. The fourth-order valence-electron chi connectivity index (χ4n) is 3.15. The molecule has 7 nitrogen and oxygen atoms in total. The summed E-state index contributed by atoms with van der Waals surface area (Å²) >= 11 is 0. The Morgan fingerprint density at radius 1 is 1.19 bits per heavy atom. The maximum atomic E-state index is 13.0. The molecule has 0 radical (unpaired) electrons. The zero-order valence-corrected chi connectivity index (χ0v) is 16.4. The van der Waals surface area contributed by atoms with Crippen LogP contribution in [0.5, 0.6) is 17.2 Å². The standard InChI is InChI=1S/C21H18F3N3O4/c1-29-17-12-27(15-6-3-5-14(10-15)21(22,23)24)26-18(17)20(28)25-11-13-4-2-7-16-19(13)31-9-8-30-16/h2-7,10,12H,8-9,11H2,1H3,(H,25,28). The number of ether oxygens (including phenoxy) is 3. The van der Waals surface area contributed by atoms with Gasteiger partial charge in [0.15, 0.2) is 22.9 Å². The van der Waals surface area contributed by atoms with E-state index in [2.05, 4.69) is 10.4 Å². The lowest BCUT2D eigenvalue weighted by Gasteiger charge is -2.21. The molecule has 10 heteroatoms. The normalized spacial score (nSPS) is 13.0. The molecule has 1 aliphatic heterocycles. The number of hydrogen-bond donors (Lipinski definition) is 1. The van der Waals surface area contributed by atoms with Crippen LogP contribution in [-0.4, -0.2) is 36.0 Å². The van der Waals surface area contributed by atoms with Crippen LogP contribution in [0.2, 0.25) is 0 Å². The van der Waals surface area contributed by atoms with Crippen molar-refractivity contribution >= 4 is 5.91 Å². The predicted octanol–water partition coefficient (Wildman–Crippen LogP) is 3.60. The Morgan fingerprint density at radius 3 is 2.74 bits per heavy atom. The fourth-order valence-corrected chi connectivity index (χ4v) is 3.15. The van der Waals surface area contributed by atoms with Gasteiger partial charge in [0.25, 0.3) is 5.91 Å². The number of nitrogens with zero attached hydrogens (tertiary/aromatic N) is 2. The zero-order chi connectivity index (χ0) is 22.0. The van der Waals surface area contributed by atoms with Crippen LogP contribution in [0.1, 0.15) is 21.6 Å². The smallest absolute Gasteiger partial charge is 0.416 e. The molecule has 0 bridgehead atoms. The third-order valence-electron chi connectivity index (χ3n) is 4.64. The molecular formula is C21H18F3N3O4. The summed E-state index contributed by atoms with van der Waals surface area (Å²) in [5.41, 5.74) is 0.0000909. The van der Waals surface area contributed by atoms with Gasteiger partial charge in [0.05, 0.1) is 24.6 Å². The minimum atomic E-state index is -4.49. The van der Waals surface area contributed by atoms with Crippen molar-refractivity contribution in [3.63, 3.8) is 0 Å². The van der Waals surface area contributed by atoms with Crippen molar-refractivity contribution in [1.29, 1.82) is 0 Å². The van der Waals surface area contributed by atoms with Crippen LogP contribution in [0.4, 0.5) is 13.2 Å². The Bertz CT molecular complexity index is 1110. The molecule has 2 heterocycles. The summed E-state index contributed by atoms with van der Waals surface area (Å²) in [6, 6.07) is 10.00. The molecule has 0 saturated carbocycles. The van der Waals surface area contributed by atoms with E-state index in [1.54, 1.807) is 18.2 Å². The van der Waals surface area contributed by atoms with Gasteiger partial charge in [-0.15, -0.1) is 0 Å². The lowest BCUT2D eigenvalue weighted by atomic mass is 10.1. The monoisotopic (exact) mass is 433 g/mol. The van der Waals surface area contributed by atoms with Crippen LogP contribution in [0.15, 0.2) is 48.7 Å². The highest BCUT2D eigenvalue weighted by Gasteiger charge is 2.31. The van der Waals surface area contributed by atoms with Gasteiger partial charge in [0, 0.05) is 12.1 Å². The van der Waals surface area contributed by atoms with E-state index in [1.165, 1.54) is 30.1 Å². The predicted molar refractivity (Wildman–Crippen MR) is 104 cm³/mol. The van der Waals surface area contributed by atoms with Crippen molar-refractivity contribution in [2.45, 2.75) is 12.7 Å². The third kappa shape index (κ3) is 4.27. The summed E-state index contributed by atoms with van der Waals surface area (Å²) in [4.78, 5) is 12.7. The number of rotatable bonds is 5. The van der Waals surface area contributed by atoms with Crippen LogP contribution >= 0.6 is 0 Å². The molecular weight excluding hydrogens is 415 g/mol. The SMILES string of the molecule is COc1cn(-c2cccc(C(F)(F)F)c2)nc1C(=O)NCc1cccc2c1OCCO2. The molecule has 162 valence electrons. The number of benzene rings is 2. The van der Waals surface area contributed by atoms with Crippen LogP contribution in [0, 0.1) is 0 Å². The van der Waals surface area contributed by atoms with Crippen LogP contribution in [0.25, 0.3) is 5.69 Å². The Hall–Kier alpha value is -3.69. The van der Waals surface area contributed by atoms with Gasteiger partial charge in [-0.25, -0.2) is 4.68 Å². The average molecular weight is 433 g/mol. The molecule has 3 aromatic rings. The van der Waals surface area contributed by atoms with Crippen molar-refractivity contribution in [2.24, 2.45) is 0 Å². The van der Waals surface area contributed by atoms with Crippen molar-refractivity contribution in [2.75, 3.05) is 20.3 Å². The second-order valence-corrected chi connectivity index (χ2v) is 6.66. The molecule has 1 N–H and O–H groups in total. The van der Waals surface area contributed by atoms with Gasteiger partial charge < -0.3 is 19.5 Å². The number of carbonyl (C=O) groups excluding carboxylic acids is 1. The van der Waals surface area contributed by atoms with Crippen LogP contribution < -0.4 is 19.5 Å². The molecule has 1 amide bonds. The van der Waals surface area contributed by atoms with Gasteiger partial charge in [-0.2, -0.15) is 18.3 Å². The molecule has 0 saturated heterocycles. The second-order valence-electron chi connectivity index (χ2n) is 6.66. The van der Waals surface area contributed by atoms with Gasteiger partial charge in [-0.3, -0.25) is 4.79 Å². The van der Waals surface area contributed by atoms with E-state index in [1.807, 2.05) is 0 Å². The summed E-state index contributed by atoms with van der Waals surface area (Å²) in [5, 5.41) is 6.86. The number of carbonyl (C=O) groups is 1. The van der Waals surface area contributed by atoms with Crippen LogP contribution in [-0.2, 0) is 12.7 Å². The van der Waals surface area contributed by atoms with E-state index in [-0.39, 0.29) is 23.7 Å². The van der Waals surface area contributed by atoms with Gasteiger partial charge in [-0.05, 0) is 24.3 Å². The topological polar surface area (TPSA) is 74.6 Å². The van der Waals surface area contributed by atoms with E-state index in [9.17, 15) is 18.0 Å². The molecule has 1 aliphatic rings. The lowest BCUT2D eigenvalue weighted by Crippen LogP contribution is -2.25. The number of para-hydroxylation sites is 1. The van der Waals surface area contributed by atoms with Gasteiger partial charge >= 0.3 is 6.18 Å². The number of hydrogen-bond acceptors (Lipinski definition) is 5. The number of nitrogens with one attached hydrogen (secondary N) is 1. The number of halogens is 3. The third-order valence-corrected chi connectivity index (χ3v) is 4.64. The number of fused-ring (bicyclic) bond motifs is 1. The molecule has 0 unspecified atom stereocenters. The van der Waals surface area contributed by atoms with E-state index < -0.39 is 17.6 Å². The number of methoxy groups -OCH3 is 1. The first-order valence-electron chi connectivity index (χ1n) is 9.34. The Kier molecular flexibility index (Phi) is 5.45. The van der Waals surface area contributed by atoms with Crippen molar-refractivity contribution in [1.82, 2.24) is 15.1 Å². The van der Waals surface area contributed by atoms with E-state index >= 15 is 0 Å². The number of aromatic nitrogens is 2. The Morgan fingerprint density at radius 2 is 1.97 bits per heavy atom. The average Bonchev–Trinajstić information content (AvgIpc) is 3.21. The quantitative estimate of drug-likeness (QED) is 0.666. The number of alkyl halides is 3.